The summed E-state index contributed by atoms with van der Waals surface area (Å²) in [6.45, 7) is 12.5. The molecule has 0 fully saturated rings. The Kier molecular flexibility index (Phi) is 5.23. The summed E-state index contributed by atoms with van der Waals surface area (Å²) >= 11 is 0. The molecule has 0 bridgehead atoms. The van der Waals surface area contributed by atoms with Crippen LogP contribution in [0.25, 0.3) is 4.85 Å². The molecule has 2 atom stereocenters. The monoisotopic (exact) mass is 271 g/mol. The largest absolute Gasteiger partial charge is 0.465 e. The van der Waals surface area contributed by atoms with E-state index < -0.39 is 17.4 Å². The van der Waals surface area contributed by atoms with Crippen molar-refractivity contribution < 1.29 is 9.53 Å². The number of aryl methyl sites for hydroxylation is 1. The van der Waals surface area contributed by atoms with Crippen molar-refractivity contribution in [3.63, 3.8) is 0 Å². The standard InChI is InChI=1S/C15H17N3O2/c1-5-11-7-8-12(18-10-11)15(3,13(9-16)17-4)14(19)20-6-2/h7-8,10,13H,5-6H2,1-3H3. The molecule has 0 amide bonds. The normalized spacial score (nSPS) is 14.4. The third kappa shape index (κ3) is 2.78. The van der Waals surface area contributed by atoms with Crippen molar-refractivity contribution in [2.45, 2.75) is 38.6 Å². The number of rotatable bonds is 5. The number of esters is 1. The molecular weight excluding hydrogens is 254 g/mol. The Morgan fingerprint density at radius 3 is 2.70 bits per heavy atom. The van der Waals surface area contributed by atoms with Crippen LogP contribution in [0, 0.1) is 17.9 Å². The molecule has 1 aromatic heterocycles. The van der Waals surface area contributed by atoms with Crippen LogP contribution in [0.15, 0.2) is 18.3 Å². The van der Waals surface area contributed by atoms with Crippen molar-refractivity contribution >= 4 is 5.97 Å². The molecule has 5 nitrogen and oxygen atoms in total. The maximum Gasteiger partial charge on any atom is 0.328 e. The lowest BCUT2D eigenvalue weighted by molar-refractivity contribution is -0.149. The molecule has 0 spiro atoms. The van der Waals surface area contributed by atoms with Gasteiger partial charge in [0.05, 0.1) is 12.3 Å². The van der Waals surface area contributed by atoms with Gasteiger partial charge in [0.1, 0.15) is 0 Å². The number of hydrogen-bond acceptors (Lipinski definition) is 4. The van der Waals surface area contributed by atoms with Gasteiger partial charge >= 0.3 is 12.0 Å². The molecule has 0 aliphatic heterocycles. The molecule has 0 saturated carbocycles. The Morgan fingerprint density at radius 2 is 2.30 bits per heavy atom. The van der Waals surface area contributed by atoms with Gasteiger partial charge in [-0.3, -0.25) is 14.6 Å². The lowest BCUT2D eigenvalue weighted by atomic mass is 9.79. The maximum atomic E-state index is 12.2. The van der Waals surface area contributed by atoms with Crippen LogP contribution in [0.1, 0.15) is 32.0 Å². The summed E-state index contributed by atoms with van der Waals surface area (Å²) < 4.78 is 5.03. The van der Waals surface area contributed by atoms with Gasteiger partial charge in [0.2, 0.25) is 0 Å². The van der Waals surface area contributed by atoms with Gasteiger partial charge < -0.3 is 4.74 Å². The van der Waals surface area contributed by atoms with Gasteiger partial charge in [0.15, 0.2) is 11.5 Å². The smallest absolute Gasteiger partial charge is 0.328 e. The predicted octanol–water partition coefficient (Wildman–Crippen LogP) is 2.28. The Bertz CT molecular complexity index is 540. The molecule has 0 saturated heterocycles. The second-order valence-electron chi connectivity index (χ2n) is 4.49. The minimum Gasteiger partial charge on any atom is -0.465 e. The summed E-state index contributed by atoms with van der Waals surface area (Å²) in [6.07, 6.45) is 2.49. The topological polar surface area (TPSA) is 67.3 Å². The summed E-state index contributed by atoms with van der Waals surface area (Å²) in [5.41, 5.74) is 0.0330. The first-order valence-corrected chi connectivity index (χ1v) is 6.43. The van der Waals surface area contributed by atoms with Crippen LogP contribution in [0.2, 0.25) is 0 Å². The number of carbonyl (C=O) groups is 1. The average Bonchev–Trinajstić information content (AvgIpc) is 2.48. The zero-order chi connectivity index (χ0) is 15.2. The van der Waals surface area contributed by atoms with E-state index in [-0.39, 0.29) is 6.61 Å². The van der Waals surface area contributed by atoms with E-state index in [0.717, 1.165) is 12.0 Å². The first kappa shape index (κ1) is 15.7. The molecule has 104 valence electrons. The number of ether oxygens (including phenoxy) is 1. The average molecular weight is 271 g/mol. The predicted molar refractivity (Wildman–Crippen MR) is 73.6 cm³/mol. The number of nitriles is 1. The minimum atomic E-state index is -1.38. The van der Waals surface area contributed by atoms with Gasteiger partial charge in [-0.05, 0) is 31.9 Å². The summed E-state index contributed by atoms with van der Waals surface area (Å²) in [7, 11) is 0. The molecule has 0 aliphatic carbocycles. The van der Waals surface area contributed by atoms with Crippen LogP contribution < -0.4 is 0 Å². The molecule has 5 heteroatoms. The molecule has 1 aromatic rings. The van der Waals surface area contributed by atoms with Crippen LogP contribution in [0.5, 0.6) is 0 Å². The van der Waals surface area contributed by atoms with E-state index in [1.165, 1.54) is 6.92 Å². The van der Waals surface area contributed by atoms with E-state index in [2.05, 4.69) is 9.83 Å². The van der Waals surface area contributed by atoms with Gasteiger partial charge in [-0.2, -0.15) is 5.26 Å². The minimum absolute atomic E-state index is 0.192. The zero-order valence-electron chi connectivity index (χ0n) is 11.9. The Morgan fingerprint density at radius 1 is 1.60 bits per heavy atom. The van der Waals surface area contributed by atoms with Crippen molar-refractivity contribution in [1.29, 1.82) is 5.26 Å². The number of aromatic nitrogens is 1. The Hall–Kier alpha value is -2.40. The van der Waals surface area contributed by atoms with Gasteiger partial charge in [-0.1, -0.05) is 13.0 Å². The van der Waals surface area contributed by atoms with Gasteiger partial charge in [-0.25, -0.2) is 6.57 Å². The number of pyridine rings is 1. The van der Waals surface area contributed by atoms with Gasteiger partial charge in [0.25, 0.3) is 0 Å². The SMILES string of the molecule is [C-]#[N+]C(C#N)C(C)(C(=O)OCC)c1ccc(CC)cn1. The highest BCUT2D eigenvalue weighted by Gasteiger charge is 2.51. The van der Waals surface area contributed by atoms with Crippen molar-refractivity contribution in [3.8, 4) is 6.07 Å². The molecule has 0 aromatic carbocycles. The zero-order valence-corrected chi connectivity index (χ0v) is 11.9. The quantitative estimate of drug-likeness (QED) is 0.608. The number of carbonyl (C=O) groups excluding carboxylic acids is 1. The van der Waals surface area contributed by atoms with Crippen LogP contribution >= 0.6 is 0 Å². The third-order valence-corrected chi connectivity index (χ3v) is 3.26. The summed E-state index contributed by atoms with van der Waals surface area (Å²) in [4.78, 5) is 19.7. The van der Waals surface area contributed by atoms with E-state index >= 15 is 0 Å². The van der Waals surface area contributed by atoms with Crippen LogP contribution in [-0.4, -0.2) is 23.6 Å². The van der Waals surface area contributed by atoms with Crippen molar-refractivity contribution in [3.05, 3.63) is 41.0 Å². The highest BCUT2D eigenvalue weighted by Crippen LogP contribution is 2.30. The Labute approximate surface area is 119 Å². The third-order valence-electron chi connectivity index (χ3n) is 3.26. The van der Waals surface area contributed by atoms with Gasteiger partial charge in [0, 0.05) is 6.20 Å². The fourth-order valence-corrected chi connectivity index (χ4v) is 1.87. The van der Waals surface area contributed by atoms with Crippen LogP contribution in [-0.2, 0) is 21.4 Å². The second-order valence-corrected chi connectivity index (χ2v) is 4.49. The molecule has 1 rings (SSSR count). The van der Waals surface area contributed by atoms with Crippen LogP contribution in [0.4, 0.5) is 0 Å². The maximum absolute atomic E-state index is 12.2. The fourth-order valence-electron chi connectivity index (χ4n) is 1.87. The van der Waals surface area contributed by atoms with Gasteiger partial charge in [-0.15, -0.1) is 0 Å². The summed E-state index contributed by atoms with van der Waals surface area (Å²) in [6, 6.07) is 4.23. The molecule has 0 radical (unpaired) electrons. The molecular formula is C15H17N3O2. The van der Waals surface area contributed by atoms with E-state index in [0.29, 0.717) is 5.69 Å². The molecule has 2 unspecified atom stereocenters. The number of hydrogen-bond donors (Lipinski definition) is 0. The van der Waals surface area contributed by atoms with Crippen molar-refractivity contribution in [1.82, 2.24) is 4.98 Å². The van der Waals surface area contributed by atoms with E-state index in [1.54, 1.807) is 19.2 Å². The van der Waals surface area contributed by atoms with E-state index in [4.69, 9.17) is 16.6 Å². The van der Waals surface area contributed by atoms with Crippen molar-refractivity contribution in [2.24, 2.45) is 0 Å². The summed E-state index contributed by atoms with van der Waals surface area (Å²) in [5.74, 6) is -0.598. The molecule has 0 aliphatic rings. The van der Waals surface area contributed by atoms with E-state index in [9.17, 15) is 4.79 Å². The number of nitrogens with zero attached hydrogens (tertiary/aromatic N) is 3. The fraction of sp³-hybridized carbons (Fsp3) is 0.467. The van der Waals surface area contributed by atoms with Crippen LogP contribution in [0.3, 0.4) is 0 Å². The highest BCUT2D eigenvalue weighted by atomic mass is 16.5. The molecule has 0 N–H and O–H groups in total. The molecule has 1 heterocycles. The lowest BCUT2D eigenvalue weighted by Crippen LogP contribution is -2.44. The van der Waals surface area contributed by atoms with E-state index in [1.807, 2.05) is 19.1 Å². The lowest BCUT2D eigenvalue weighted by Gasteiger charge is -2.24. The summed E-state index contributed by atoms with van der Waals surface area (Å²) in [5, 5.41) is 9.14. The highest BCUT2D eigenvalue weighted by molar-refractivity contribution is 5.84. The van der Waals surface area contributed by atoms with Crippen molar-refractivity contribution in [2.75, 3.05) is 6.61 Å². The first-order chi connectivity index (χ1) is 9.54. The first-order valence-electron chi connectivity index (χ1n) is 6.43. The second kappa shape index (κ2) is 6.68. The molecule has 20 heavy (non-hydrogen) atoms. The Balaban J connectivity index is 3.33.